The number of carboxylic acid groups (broad SMARTS) is 1. The van der Waals surface area contributed by atoms with Crippen molar-refractivity contribution < 1.29 is 19.5 Å². The van der Waals surface area contributed by atoms with E-state index < -0.39 is 12.0 Å². The lowest BCUT2D eigenvalue weighted by Gasteiger charge is -2.39. The van der Waals surface area contributed by atoms with Gasteiger partial charge in [-0.05, 0) is 49.7 Å². The van der Waals surface area contributed by atoms with Gasteiger partial charge in [0, 0.05) is 37.9 Å². The summed E-state index contributed by atoms with van der Waals surface area (Å²) < 4.78 is 0. The zero-order chi connectivity index (χ0) is 18.3. The molecule has 1 saturated carbocycles. The predicted octanol–water partition coefficient (Wildman–Crippen LogP) is 1.40. The number of aromatic nitrogens is 1. The maximum absolute atomic E-state index is 12.8. The van der Waals surface area contributed by atoms with Crippen LogP contribution >= 0.6 is 0 Å². The second-order valence-corrected chi connectivity index (χ2v) is 7.83. The van der Waals surface area contributed by atoms with Gasteiger partial charge in [0.25, 0.3) is 5.91 Å². The van der Waals surface area contributed by atoms with Crippen molar-refractivity contribution in [2.75, 3.05) is 19.6 Å². The zero-order valence-corrected chi connectivity index (χ0v) is 14.6. The molecule has 2 aliphatic heterocycles. The van der Waals surface area contributed by atoms with Crippen LogP contribution in [0.3, 0.4) is 0 Å². The van der Waals surface area contributed by atoms with Gasteiger partial charge in [0.1, 0.15) is 6.04 Å². The highest BCUT2D eigenvalue weighted by atomic mass is 16.4. The van der Waals surface area contributed by atoms with E-state index in [4.69, 9.17) is 0 Å². The molecule has 3 heterocycles. The molecule has 0 radical (unpaired) electrons. The van der Waals surface area contributed by atoms with Crippen LogP contribution < -0.4 is 0 Å². The smallest absolute Gasteiger partial charge is 0.326 e. The molecule has 1 N–H and O–H groups in total. The van der Waals surface area contributed by atoms with Crippen molar-refractivity contribution >= 4 is 17.8 Å². The molecule has 7 nitrogen and oxygen atoms in total. The number of likely N-dealkylation sites (tertiary alicyclic amines) is 2. The van der Waals surface area contributed by atoms with Gasteiger partial charge in [-0.15, -0.1) is 0 Å². The van der Waals surface area contributed by atoms with Gasteiger partial charge in [0.2, 0.25) is 5.91 Å². The summed E-state index contributed by atoms with van der Waals surface area (Å²) >= 11 is 0. The van der Waals surface area contributed by atoms with Crippen LogP contribution in [0.5, 0.6) is 0 Å². The number of aliphatic carboxylic acids is 1. The standard InChI is InChI=1S/C19H23N3O4/c23-16(13-3-4-13)21-8-5-19(6-9-21)10-15(18(25)26)22(12-19)17(24)14-2-1-7-20-11-14/h1-2,7,11,13,15H,3-6,8-10,12H2,(H,25,26)/t15-/m0/s1. The Morgan fingerprint density at radius 3 is 2.50 bits per heavy atom. The highest BCUT2D eigenvalue weighted by Crippen LogP contribution is 2.44. The molecule has 1 aromatic rings. The number of amides is 2. The Labute approximate surface area is 152 Å². The number of carbonyl (C=O) groups excluding carboxylic acids is 2. The minimum absolute atomic E-state index is 0.207. The van der Waals surface area contributed by atoms with Crippen LogP contribution in [0, 0.1) is 11.3 Å². The molecule has 0 aromatic carbocycles. The molecule has 26 heavy (non-hydrogen) atoms. The lowest BCUT2D eigenvalue weighted by atomic mass is 9.76. The Bertz CT molecular complexity index is 724. The lowest BCUT2D eigenvalue weighted by molar-refractivity contribution is -0.141. The van der Waals surface area contributed by atoms with Crippen LogP contribution in [0.2, 0.25) is 0 Å². The molecule has 1 atom stereocenters. The summed E-state index contributed by atoms with van der Waals surface area (Å²) in [4.78, 5) is 44.2. The van der Waals surface area contributed by atoms with Gasteiger partial charge in [0.05, 0.1) is 5.56 Å². The number of nitrogens with zero attached hydrogens (tertiary/aromatic N) is 3. The third-order valence-electron chi connectivity index (χ3n) is 6.03. The Morgan fingerprint density at radius 1 is 1.19 bits per heavy atom. The average Bonchev–Trinajstić information content (AvgIpc) is 3.44. The van der Waals surface area contributed by atoms with Crippen molar-refractivity contribution in [3.63, 3.8) is 0 Å². The maximum atomic E-state index is 12.8. The lowest BCUT2D eigenvalue weighted by Crippen LogP contribution is -2.45. The molecule has 3 fully saturated rings. The number of hydrogen-bond donors (Lipinski definition) is 1. The monoisotopic (exact) mass is 357 g/mol. The fraction of sp³-hybridized carbons (Fsp3) is 0.579. The van der Waals surface area contributed by atoms with Gasteiger partial charge in [-0.25, -0.2) is 4.79 Å². The van der Waals surface area contributed by atoms with Crippen molar-refractivity contribution in [3.8, 4) is 0 Å². The van der Waals surface area contributed by atoms with E-state index in [1.807, 2.05) is 4.90 Å². The number of hydrogen-bond acceptors (Lipinski definition) is 4. The van der Waals surface area contributed by atoms with Gasteiger partial charge in [0.15, 0.2) is 0 Å². The quantitative estimate of drug-likeness (QED) is 0.883. The summed E-state index contributed by atoms with van der Waals surface area (Å²) in [6.07, 6.45) is 7.02. The molecule has 2 amide bonds. The molecule has 3 aliphatic rings. The minimum atomic E-state index is -0.962. The molecule has 0 bridgehead atoms. The summed E-state index contributed by atoms with van der Waals surface area (Å²) in [6.45, 7) is 1.76. The van der Waals surface area contributed by atoms with E-state index in [9.17, 15) is 19.5 Å². The summed E-state index contributed by atoms with van der Waals surface area (Å²) in [5.74, 6) is -0.784. The van der Waals surface area contributed by atoms with Gasteiger partial charge in [-0.3, -0.25) is 14.6 Å². The second-order valence-electron chi connectivity index (χ2n) is 7.83. The van der Waals surface area contributed by atoms with Gasteiger partial charge in [-0.2, -0.15) is 0 Å². The fourth-order valence-electron chi connectivity index (χ4n) is 4.30. The molecule has 1 aliphatic carbocycles. The molecule has 138 valence electrons. The van der Waals surface area contributed by atoms with E-state index in [0.29, 0.717) is 31.6 Å². The topological polar surface area (TPSA) is 90.8 Å². The molecular weight excluding hydrogens is 334 g/mol. The van der Waals surface area contributed by atoms with Crippen molar-refractivity contribution in [2.45, 2.75) is 38.1 Å². The zero-order valence-electron chi connectivity index (χ0n) is 14.6. The maximum Gasteiger partial charge on any atom is 0.326 e. The highest BCUT2D eigenvalue weighted by molar-refractivity contribution is 5.96. The minimum Gasteiger partial charge on any atom is -0.480 e. The van der Waals surface area contributed by atoms with Crippen LogP contribution in [-0.2, 0) is 9.59 Å². The average molecular weight is 357 g/mol. The van der Waals surface area contributed by atoms with Crippen LogP contribution in [0.1, 0.15) is 42.5 Å². The van der Waals surface area contributed by atoms with E-state index in [1.165, 1.54) is 11.1 Å². The van der Waals surface area contributed by atoms with Gasteiger partial charge >= 0.3 is 5.97 Å². The summed E-state index contributed by atoms with van der Waals surface area (Å²) in [7, 11) is 0. The number of rotatable bonds is 3. The Morgan fingerprint density at radius 2 is 1.92 bits per heavy atom. The van der Waals surface area contributed by atoms with Gasteiger partial charge in [-0.1, -0.05) is 0 Å². The molecular formula is C19H23N3O4. The van der Waals surface area contributed by atoms with Crippen molar-refractivity contribution in [1.29, 1.82) is 0 Å². The first-order chi connectivity index (χ1) is 12.5. The van der Waals surface area contributed by atoms with E-state index in [0.717, 1.165) is 25.7 Å². The van der Waals surface area contributed by atoms with Gasteiger partial charge < -0.3 is 14.9 Å². The van der Waals surface area contributed by atoms with E-state index in [1.54, 1.807) is 18.3 Å². The Balaban J connectivity index is 1.48. The van der Waals surface area contributed by atoms with Crippen LogP contribution in [0.15, 0.2) is 24.5 Å². The van der Waals surface area contributed by atoms with Crippen LogP contribution in [-0.4, -0.2) is 63.4 Å². The number of pyridine rings is 1. The first-order valence-electron chi connectivity index (χ1n) is 9.22. The SMILES string of the molecule is O=C(O)[C@@H]1CC2(CCN(C(=O)C3CC3)CC2)CN1C(=O)c1cccnc1. The normalized spacial score (nSPS) is 24.7. The van der Waals surface area contributed by atoms with E-state index >= 15 is 0 Å². The molecule has 1 aromatic heterocycles. The van der Waals surface area contributed by atoms with Crippen LogP contribution in [0.25, 0.3) is 0 Å². The number of carbonyl (C=O) groups is 3. The Hall–Kier alpha value is -2.44. The fourth-order valence-corrected chi connectivity index (χ4v) is 4.30. The molecule has 0 unspecified atom stereocenters. The third kappa shape index (κ3) is 3.06. The van der Waals surface area contributed by atoms with E-state index in [-0.39, 0.29) is 23.1 Å². The summed E-state index contributed by atoms with van der Waals surface area (Å²) in [5, 5.41) is 9.64. The number of carboxylic acids is 1. The third-order valence-corrected chi connectivity index (χ3v) is 6.03. The predicted molar refractivity (Wildman–Crippen MR) is 92.3 cm³/mol. The van der Waals surface area contributed by atoms with Crippen LogP contribution in [0.4, 0.5) is 0 Å². The largest absolute Gasteiger partial charge is 0.480 e. The van der Waals surface area contributed by atoms with E-state index in [2.05, 4.69) is 4.98 Å². The summed E-state index contributed by atoms with van der Waals surface area (Å²) in [6, 6.07) is 2.53. The molecule has 2 saturated heterocycles. The molecule has 4 rings (SSSR count). The highest BCUT2D eigenvalue weighted by Gasteiger charge is 2.50. The summed E-state index contributed by atoms with van der Waals surface area (Å²) in [5.41, 5.74) is 0.207. The molecule has 7 heteroatoms. The van der Waals surface area contributed by atoms with Crippen molar-refractivity contribution in [2.24, 2.45) is 11.3 Å². The Kier molecular flexibility index (Phi) is 4.17. The van der Waals surface area contributed by atoms with Crippen molar-refractivity contribution in [3.05, 3.63) is 30.1 Å². The van der Waals surface area contributed by atoms with Crippen molar-refractivity contribution in [1.82, 2.24) is 14.8 Å². The second kappa shape index (κ2) is 6.37. The molecule has 1 spiro atoms. The number of piperidine rings is 1. The first kappa shape index (κ1) is 17.0. The first-order valence-corrected chi connectivity index (χ1v) is 9.22.